The minimum absolute atomic E-state index is 0.0678. The number of hydrogen-bond acceptors (Lipinski definition) is 5. The van der Waals surface area contributed by atoms with Gasteiger partial charge in [-0.05, 0) is 30.4 Å². The summed E-state index contributed by atoms with van der Waals surface area (Å²) in [6.45, 7) is 4.52. The van der Waals surface area contributed by atoms with E-state index in [0.29, 0.717) is 6.54 Å². The second-order valence-electron chi connectivity index (χ2n) is 6.82. The standard InChI is InChI=1S/C18H29N3O3S/c1-3-16(12-20-18(22)17(19)9-11-25(2,23)24)21-10-8-14-6-4-5-7-15(14)13-21/h4-7,16-17H,3,8-13,19H2,1-2H3,(H,20,22). The summed E-state index contributed by atoms with van der Waals surface area (Å²) in [5.41, 5.74) is 8.56. The molecule has 7 heteroatoms. The molecular formula is C18H29N3O3S. The molecule has 0 radical (unpaired) electrons. The molecule has 1 aliphatic heterocycles. The number of hydrogen-bond donors (Lipinski definition) is 2. The lowest BCUT2D eigenvalue weighted by molar-refractivity contribution is -0.122. The lowest BCUT2D eigenvalue weighted by Gasteiger charge is -2.35. The van der Waals surface area contributed by atoms with Crippen LogP contribution in [0.5, 0.6) is 0 Å². The van der Waals surface area contributed by atoms with Crippen molar-refractivity contribution in [1.82, 2.24) is 10.2 Å². The Hall–Kier alpha value is -1.44. The van der Waals surface area contributed by atoms with E-state index in [1.54, 1.807) is 0 Å². The summed E-state index contributed by atoms with van der Waals surface area (Å²) in [5.74, 6) is -0.346. The number of carbonyl (C=O) groups is 1. The fraction of sp³-hybridized carbons (Fsp3) is 0.611. The fourth-order valence-corrected chi connectivity index (χ4v) is 3.86. The first-order chi connectivity index (χ1) is 11.8. The zero-order valence-electron chi connectivity index (χ0n) is 15.1. The number of nitrogens with zero attached hydrogens (tertiary/aromatic N) is 1. The van der Waals surface area contributed by atoms with E-state index >= 15 is 0 Å². The molecule has 0 saturated carbocycles. The van der Waals surface area contributed by atoms with Crippen LogP contribution in [-0.2, 0) is 27.6 Å². The summed E-state index contributed by atoms with van der Waals surface area (Å²) >= 11 is 0. The van der Waals surface area contributed by atoms with E-state index in [9.17, 15) is 13.2 Å². The van der Waals surface area contributed by atoms with Gasteiger partial charge in [-0.25, -0.2) is 8.42 Å². The van der Waals surface area contributed by atoms with E-state index < -0.39 is 15.9 Å². The average Bonchev–Trinajstić information content (AvgIpc) is 2.59. The molecule has 0 bridgehead atoms. The summed E-state index contributed by atoms with van der Waals surface area (Å²) in [7, 11) is -3.10. The number of rotatable bonds is 8. The van der Waals surface area contributed by atoms with Crippen LogP contribution in [0.15, 0.2) is 24.3 Å². The lowest BCUT2D eigenvalue weighted by atomic mass is 9.98. The zero-order chi connectivity index (χ0) is 18.4. The second kappa shape index (κ2) is 8.78. The topological polar surface area (TPSA) is 92.5 Å². The molecule has 6 nitrogen and oxygen atoms in total. The van der Waals surface area contributed by atoms with Crippen LogP contribution in [0.3, 0.4) is 0 Å². The summed E-state index contributed by atoms with van der Waals surface area (Å²) in [6, 6.07) is 7.94. The molecular weight excluding hydrogens is 338 g/mol. The van der Waals surface area contributed by atoms with Crippen molar-refractivity contribution < 1.29 is 13.2 Å². The van der Waals surface area contributed by atoms with Crippen molar-refractivity contribution in [3.63, 3.8) is 0 Å². The van der Waals surface area contributed by atoms with Crippen molar-refractivity contribution in [2.75, 3.05) is 25.1 Å². The van der Waals surface area contributed by atoms with Gasteiger partial charge in [-0.1, -0.05) is 31.2 Å². The highest BCUT2D eigenvalue weighted by molar-refractivity contribution is 7.90. The maximum absolute atomic E-state index is 12.1. The molecule has 0 aliphatic carbocycles. The first-order valence-corrected chi connectivity index (χ1v) is 10.9. The molecule has 140 valence electrons. The molecule has 1 aromatic rings. The van der Waals surface area contributed by atoms with Crippen LogP contribution >= 0.6 is 0 Å². The van der Waals surface area contributed by atoms with E-state index in [2.05, 4.69) is 41.4 Å². The molecule has 2 rings (SSSR count). The van der Waals surface area contributed by atoms with Gasteiger partial charge in [-0.3, -0.25) is 9.69 Å². The molecule has 2 atom stereocenters. The Kier molecular flexibility index (Phi) is 6.98. The lowest BCUT2D eigenvalue weighted by Crippen LogP contribution is -2.49. The number of nitrogens with one attached hydrogen (secondary N) is 1. The molecule has 0 fully saturated rings. The number of benzene rings is 1. The van der Waals surface area contributed by atoms with E-state index in [1.807, 2.05) is 0 Å². The Bertz CT molecular complexity index is 691. The molecule has 1 heterocycles. The van der Waals surface area contributed by atoms with Gasteiger partial charge in [0.2, 0.25) is 5.91 Å². The van der Waals surface area contributed by atoms with Gasteiger partial charge in [0.25, 0.3) is 0 Å². The number of nitrogens with two attached hydrogens (primary N) is 1. The Morgan fingerprint density at radius 1 is 1.32 bits per heavy atom. The van der Waals surface area contributed by atoms with E-state index in [-0.39, 0.29) is 24.1 Å². The van der Waals surface area contributed by atoms with Crippen molar-refractivity contribution in [2.24, 2.45) is 5.73 Å². The van der Waals surface area contributed by atoms with E-state index in [0.717, 1.165) is 32.2 Å². The third-order valence-electron chi connectivity index (χ3n) is 4.80. The normalized spacial score (nSPS) is 17.6. The average molecular weight is 368 g/mol. The van der Waals surface area contributed by atoms with Crippen LogP contribution in [0, 0.1) is 0 Å². The van der Waals surface area contributed by atoms with Crippen LogP contribution in [0.25, 0.3) is 0 Å². The number of sulfone groups is 1. The van der Waals surface area contributed by atoms with Crippen LogP contribution in [0.1, 0.15) is 30.9 Å². The highest BCUT2D eigenvalue weighted by Crippen LogP contribution is 2.21. The van der Waals surface area contributed by atoms with Crippen molar-refractivity contribution in [2.45, 2.75) is 44.8 Å². The van der Waals surface area contributed by atoms with Gasteiger partial charge in [0, 0.05) is 31.9 Å². The smallest absolute Gasteiger partial charge is 0.237 e. The quantitative estimate of drug-likeness (QED) is 0.706. The second-order valence-corrected chi connectivity index (χ2v) is 9.08. The Balaban J connectivity index is 1.85. The number of carbonyl (C=O) groups excluding carboxylic acids is 1. The minimum Gasteiger partial charge on any atom is -0.353 e. The highest BCUT2D eigenvalue weighted by atomic mass is 32.2. The van der Waals surface area contributed by atoms with Crippen LogP contribution in [0.4, 0.5) is 0 Å². The molecule has 1 aliphatic rings. The molecule has 1 aromatic carbocycles. The Morgan fingerprint density at radius 2 is 2.00 bits per heavy atom. The largest absolute Gasteiger partial charge is 0.353 e. The third kappa shape index (κ3) is 6.09. The third-order valence-corrected chi connectivity index (χ3v) is 5.77. The van der Waals surface area contributed by atoms with E-state index in [4.69, 9.17) is 5.73 Å². The monoisotopic (exact) mass is 367 g/mol. The fourth-order valence-electron chi connectivity index (χ4n) is 3.18. The predicted molar refractivity (Wildman–Crippen MR) is 99.9 cm³/mol. The molecule has 2 unspecified atom stereocenters. The van der Waals surface area contributed by atoms with Gasteiger partial charge >= 0.3 is 0 Å². The van der Waals surface area contributed by atoms with Gasteiger partial charge < -0.3 is 11.1 Å². The SMILES string of the molecule is CCC(CNC(=O)C(N)CCS(C)(=O)=O)N1CCc2ccccc2C1. The zero-order valence-corrected chi connectivity index (χ0v) is 15.9. The summed E-state index contributed by atoms with van der Waals surface area (Å²) < 4.78 is 22.4. The molecule has 0 aromatic heterocycles. The molecule has 3 N–H and O–H groups in total. The Labute approximate surface area is 150 Å². The van der Waals surface area contributed by atoms with Crippen molar-refractivity contribution in [3.05, 3.63) is 35.4 Å². The van der Waals surface area contributed by atoms with Gasteiger partial charge in [-0.15, -0.1) is 0 Å². The number of amides is 1. The first-order valence-electron chi connectivity index (χ1n) is 8.82. The molecule has 0 saturated heterocycles. The predicted octanol–water partition coefficient (Wildman–Crippen LogP) is 0.702. The van der Waals surface area contributed by atoms with Gasteiger partial charge in [0.05, 0.1) is 11.8 Å². The number of fused-ring (bicyclic) bond motifs is 1. The van der Waals surface area contributed by atoms with Gasteiger partial charge in [-0.2, -0.15) is 0 Å². The van der Waals surface area contributed by atoms with Crippen molar-refractivity contribution in [1.29, 1.82) is 0 Å². The molecule has 0 spiro atoms. The van der Waals surface area contributed by atoms with Crippen LogP contribution < -0.4 is 11.1 Å². The van der Waals surface area contributed by atoms with Crippen LogP contribution in [0.2, 0.25) is 0 Å². The van der Waals surface area contributed by atoms with E-state index in [1.165, 1.54) is 11.1 Å². The summed E-state index contributed by atoms with van der Waals surface area (Å²) in [5, 5.41) is 2.89. The minimum atomic E-state index is -3.10. The summed E-state index contributed by atoms with van der Waals surface area (Å²) in [6.07, 6.45) is 3.26. The maximum Gasteiger partial charge on any atom is 0.237 e. The first kappa shape index (κ1) is 19.9. The van der Waals surface area contributed by atoms with Crippen LogP contribution in [-0.4, -0.2) is 56.4 Å². The van der Waals surface area contributed by atoms with Gasteiger partial charge in [0.15, 0.2) is 0 Å². The Morgan fingerprint density at radius 3 is 2.64 bits per heavy atom. The molecule has 1 amide bonds. The van der Waals surface area contributed by atoms with Crippen molar-refractivity contribution >= 4 is 15.7 Å². The maximum atomic E-state index is 12.1. The summed E-state index contributed by atoms with van der Waals surface area (Å²) in [4.78, 5) is 14.5. The van der Waals surface area contributed by atoms with Gasteiger partial charge in [0.1, 0.15) is 9.84 Å². The molecule has 25 heavy (non-hydrogen) atoms. The highest BCUT2D eigenvalue weighted by Gasteiger charge is 2.23. The van der Waals surface area contributed by atoms with Crippen molar-refractivity contribution in [3.8, 4) is 0 Å².